The van der Waals surface area contributed by atoms with Crippen LogP contribution in [0.4, 0.5) is 5.69 Å². The molecule has 0 radical (unpaired) electrons. The average Bonchev–Trinajstić information content (AvgIpc) is 2.21. The Labute approximate surface area is 117 Å². The van der Waals surface area contributed by atoms with Crippen LogP contribution in [0.25, 0.3) is 0 Å². The smallest absolute Gasteiger partial charge is 0.233 e. The molecule has 0 bridgehead atoms. The molecular formula is C13H19ClN2OS. The lowest BCUT2D eigenvalue weighted by molar-refractivity contribution is -0.121. The molecule has 0 saturated heterocycles. The van der Waals surface area contributed by atoms with Gasteiger partial charge in [-0.15, -0.1) is 11.8 Å². The van der Waals surface area contributed by atoms with Crippen LogP contribution in [-0.2, 0) is 4.79 Å². The van der Waals surface area contributed by atoms with Crippen LogP contribution < -0.4 is 11.1 Å². The number of thioether (sulfide) groups is 1. The van der Waals surface area contributed by atoms with Crippen molar-refractivity contribution in [2.24, 2.45) is 0 Å². The summed E-state index contributed by atoms with van der Waals surface area (Å²) in [6.07, 6.45) is 0. The van der Waals surface area contributed by atoms with Crippen LogP contribution in [0, 0.1) is 0 Å². The van der Waals surface area contributed by atoms with E-state index in [9.17, 15) is 4.79 Å². The molecule has 1 rings (SSSR count). The van der Waals surface area contributed by atoms with Crippen molar-refractivity contribution in [2.45, 2.75) is 43.4 Å². The van der Waals surface area contributed by atoms with Crippen molar-refractivity contribution in [3.05, 3.63) is 23.2 Å². The summed E-state index contributed by atoms with van der Waals surface area (Å²) in [6, 6.07) is 5.40. The molecule has 0 spiro atoms. The first kappa shape index (κ1) is 15.2. The van der Waals surface area contributed by atoms with E-state index in [2.05, 4.69) is 5.32 Å². The number of hydrogen-bond acceptors (Lipinski definition) is 3. The van der Waals surface area contributed by atoms with Gasteiger partial charge in [0, 0.05) is 10.4 Å². The Bertz CT molecular complexity index is 443. The average molecular weight is 287 g/mol. The first-order valence-corrected chi connectivity index (χ1v) is 6.98. The van der Waals surface area contributed by atoms with Gasteiger partial charge in [-0.25, -0.2) is 0 Å². The van der Waals surface area contributed by atoms with E-state index in [1.165, 1.54) is 11.8 Å². The number of rotatable bonds is 3. The van der Waals surface area contributed by atoms with Gasteiger partial charge in [-0.2, -0.15) is 0 Å². The highest BCUT2D eigenvalue weighted by Gasteiger charge is 2.20. The number of amides is 1. The highest BCUT2D eigenvalue weighted by molar-refractivity contribution is 8.00. The Balaban J connectivity index is 2.66. The predicted molar refractivity (Wildman–Crippen MR) is 79.1 cm³/mol. The van der Waals surface area contributed by atoms with Crippen LogP contribution in [-0.4, -0.2) is 16.7 Å². The van der Waals surface area contributed by atoms with E-state index in [0.717, 1.165) is 4.90 Å². The van der Waals surface area contributed by atoms with E-state index < -0.39 is 0 Å². The summed E-state index contributed by atoms with van der Waals surface area (Å²) in [6.45, 7) is 7.75. The zero-order valence-electron chi connectivity index (χ0n) is 11.1. The topological polar surface area (TPSA) is 55.1 Å². The molecule has 3 nitrogen and oxygen atoms in total. The third kappa shape index (κ3) is 4.78. The minimum Gasteiger partial charge on any atom is -0.398 e. The van der Waals surface area contributed by atoms with Gasteiger partial charge in [-0.1, -0.05) is 11.6 Å². The number of nitrogens with one attached hydrogen (secondary N) is 1. The zero-order chi connectivity index (χ0) is 13.9. The predicted octanol–water partition coefficient (Wildman–Crippen LogP) is 3.32. The van der Waals surface area contributed by atoms with Gasteiger partial charge in [0.25, 0.3) is 0 Å². The number of carbonyl (C=O) groups excluding carboxylic acids is 1. The van der Waals surface area contributed by atoms with Gasteiger partial charge in [0.05, 0.1) is 16.0 Å². The number of halogens is 1. The SMILES string of the molecule is CC(Sc1ccc(N)c(Cl)c1)C(=O)NC(C)(C)C. The van der Waals surface area contributed by atoms with Crippen molar-refractivity contribution in [2.75, 3.05) is 5.73 Å². The second kappa shape index (κ2) is 5.85. The maximum Gasteiger partial charge on any atom is 0.233 e. The van der Waals surface area contributed by atoms with Gasteiger partial charge in [-0.05, 0) is 45.9 Å². The molecule has 5 heteroatoms. The molecule has 3 N–H and O–H groups in total. The third-order valence-corrected chi connectivity index (χ3v) is 3.57. The first-order valence-electron chi connectivity index (χ1n) is 5.73. The van der Waals surface area contributed by atoms with E-state index >= 15 is 0 Å². The van der Waals surface area contributed by atoms with Crippen LogP contribution >= 0.6 is 23.4 Å². The second-order valence-corrected chi connectivity index (χ2v) is 7.00. The molecule has 18 heavy (non-hydrogen) atoms. The number of hydrogen-bond donors (Lipinski definition) is 2. The highest BCUT2D eigenvalue weighted by atomic mass is 35.5. The summed E-state index contributed by atoms with van der Waals surface area (Å²) in [5.41, 5.74) is 5.97. The molecule has 0 aromatic heterocycles. The Morgan fingerprint density at radius 2 is 2.06 bits per heavy atom. The van der Waals surface area contributed by atoms with Gasteiger partial charge >= 0.3 is 0 Å². The Morgan fingerprint density at radius 1 is 1.44 bits per heavy atom. The van der Waals surface area contributed by atoms with Gasteiger partial charge in [0.15, 0.2) is 0 Å². The van der Waals surface area contributed by atoms with Crippen molar-refractivity contribution < 1.29 is 4.79 Å². The van der Waals surface area contributed by atoms with Crippen molar-refractivity contribution in [1.82, 2.24) is 5.32 Å². The lowest BCUT2D eigenvalue weighted by Gasteiger charge is -2.23. The van der Waals surface area contributed by atoms with Crippen molar-refractivity contribution >= 4 is 35.0 Å². The molecule has 1 unspecified atom stereocenters. The number of carbonyl (C=O) groups is 1. The lowest BCUT2D eigenvalue weighted by atomic mass is 10.1. The molecule has 1 aromatic rings. The fraction of sp³-hybridized carbons (Fsp3) is 0.462. The number of anilines is 1. The quantitative estimate of drug-likeness (QED) is 0.662. The summed E-state index contributed by atoms with van der Waals surface area (Å²) in [5.74, 6) is 0.0143. The Morgan fingerprint density at radius 3 is 2.56 bits per heavy atom. The summed E-state index contributed by atoms with van der Waals surface area (Å²) in [7, 11) is 0. The lowest BCUT2D eigenvalue weighted by Crippen LogP contribution is -2.44. The fourth-order valence-electron chi connectivity index (χ4n) is 1.31. The summed E-state index contributed by atoms with van der Waals surface area (Å²) in [5, 5.41) is 3.29. The van der Waals surface area contributed by atoms with Crippen molar-refractivity contribution in [1.29, 1.82) is 0 Å². The standard InChI is InChI=1S/C13H19ClN2OS/c1-8(12(17)16-13(2,3)4)18-9-5-6-11(15)10(14)7-9/h5-8H,15H2,1-4H3,(H,16,17). The molecule has 0 aliphatic rings. The maximum atomic E-state index is 11.9. The normalized spacial score (nSPS) is 13.2. The van der Waals surface area contributed by atoms with Crippen LogP contribution in [0.5, 0.6) is 0 Å². The van der Waals surface area contributed by atoms with E-state index in [4.69, 9.17) is 17.3 Å². The summed E-state index contributed by atoms with van der Waals surface area (Å²) in [4.78, 5) is 12.9. The van der Waals surface area contributed by atoms with Crippen molar-refractivity contribution in [3.8, 4) is 0 Å². The maximum absolute atomic E-state index is 11.9. The molecule has 0 aliphatic carbocycles. The number of nitrogens with two attached hydrogens (primary N) is 1. The van der Waals surface area contributed by atoms with Crippen LogP contribution in [0.15, 0.2) is 23.1 Å². The van der Waals surface area contributed by atoms with Crippen LogP contribution in [0.3, 0.4) is 0 Å². The minimum absolute atomic E-state index is 0.0143. The second-order valence-electron chi connectivity index (χ2n) is 5.18. The first-order chi connectivity index (χ1) is 8.19. The summed E-state index contributed by atoms with van der Waals surface area (Å²) < 4.78 is 0. The molecule has 100 valence electrons. The van der Waals surface area contributed by atoms with Gasteiger partial charge in [0.1, 0.15) is 0 Å². The fourth-order valence-corrected chi connectivity index (χ4v) is 2.46. The van der Waals surface area contributed by atoms with E-state index in [0.29, 0.717) is 10.7 Å². The molecule has 1 atom stereocenters. The number of benzene rings is 1. The molecule has 0 heterocycles. The van der Waals surface area contributed by atoms with E-state index in [1.807, 2.05) is 33.8 Å². The highest BCUT2D eigenvalue weighted by Crippen LogP contribution is 2.29. The largest absolute Gasteiger partial charge is 0.398 e. The molecular weight excluding hydrogens is 268 g/mol. The molecule has 0 saturated carbocycles. The molecule has 1 amide bonds. The molecule has 0 fully saturated rings. The van der Waals surface area contributed by atoms with Gasteiger partial charge in [0.2, 0.25) is 5.91 Å². The monoisotopic (exact) mass is 286 g/mol. The number of nitrogen functional groups attached to an aromatic ring is 1. The minimum atomic E-state index is -0.218. The van der Waals surface area contributed by atoms with Crippen LogP contribution in [0.1, 0.15) is 27.7 Å². The van der Waals surface area contributed by atoms with Crippen LogP contribution in [0.2, 0.25) is 5.02 Å². The molecule has 0 aliphatic heterocycles. The van der Waals surface area contributed by atoms with E-state index in [-0.39, 0.29) is 16.7 Å². The zero-order valence-corrected chi connectivity index (χ0v) is 12.7. The van der Waals surface area contributed by atoms with E-state index in [1.54, 1.807) is 12.1 Å². The Hall–Kier alpha value is -0.870. The van der Waals surface area contributed by atoms with Gasteiger partial charge in [-0.3, -0.25) is 4.79 Å². The van der Waals surface area contributed by atoms with Crippen molar-refractivity contribution in [3.63, 3.8) is 0 Å². The summed E-state index contributed by atoms with van der Waals surface area (Å²) >= 11 is 7.41. The molecule has 1 aromatic carbocycles. The van der Waals surface area contributed by atoms with Gasteiger partial charge < -0.3 is 11.1 Å². The Kier molecular flexibility index (Phi) is 4.93. The third-order valence-electron chi connectivity index (χ3n) is 2.15.